The maximum Gasteiger partial charge on any atom is 0.338 e. The second kappa shape index (κ2) is 10.6. The van der Waals surface area contributed by atoms with E-state index >= 15 is 0 Å². The van der Waals surface area contributed by atoms with Gasteiger partial charge in [-0.3, -0.25) is 9.36 Å². The lowest BCUT2D eigenvalue weighted by atomic mass is 9.95. The number of para-hydroxylation sites is 1. The van der Waals surface area contributed by atoms with Crippen LogP contribution in [-0.2, 0) is 9.53 Å². The molecule has 6 rings (SSSR count). The topological polar surface area (TPSA) is 69.9 Å². The van der Waals surface area contributed by atoms with Crippen LogP contribution < -0.4 is 19.6 Å². The Hall–Kier alpha value is -4.49. The maximum absolute atomic E-state index is 14.2. The summed E-state index contributed by atoms with van der Waals surface area (Å²) in [5.41, 5.74) is 2.34. The van der Waals surface area contributed by atoms with Crippen LogP contribution in [0.1, 0.15) is 37.9 Å². The quantitative estimate of drug-likeness (QED) is 0.208. The Morgan fingerprint density at radius 3 is 2.27 bits per heavy atom. The molecule has 0 amide bonds. The fourth-order valence-electron chi connectivity index (χ4n) is 5.41. The number of thiazole rings is 1. The number of benzene rings is 4. The molecule has 0 unspecified atom stereocenters. The summed E-state index contributed by atoms with van der Waals surface area (Å²) in [7, 11) is 0. The fourth-order valence-corrected chi connectivity index (χ4v) is 6.44. The number of nitrogens with zero attached hydrogens (tertiary/aromatic N) is 2. The van der Waals surface area contributed by atoms with Gasteiger partial charge in [0.2, 0.25) is 0 Å². The molecule has 1 aliphatic rings. The van der Waals surface area contributed by atoms with E-state index in [2.05, 4.69) is 30.3 Å². The molecule has 1 atom stereocenters. The predicted molar refractivity (Wildman–Crippen MR) is 159 cm³/mol. The third-order valence-electron chi connectivity index (χ3n) is 7.12. The van der Waals surface area contributed by atoms with Gasteiger partial charge in [-0.25, -0.2) is 9.79 Å². The van der Waals surface area contributed by atoms with Gasteiger partial charge in [-0.05, 0) is 66.1 Å². The van der Waals surface area contributed by atoms with Gasteiger partial charge >= 0.3 is 5.97 Å². The predicted octanol–water partition coefficient (Wildman–Crippen LogP) is 5.50. The number of hydrogen-bond acceptors (Lipinski definition) is 6. The lowest BCUT2D eigenvalue weighted by molar-refractivity contribution is -0.139. The number of fused-ring (bicyclic) bond motifs is 3. The van der Waals surface area contributed by atoms with Gasteiger partial charge in [0, 0.05) is 5.56 Å². The van der Waals surface area contributed by atoms with E-state index in [1.54, 1.807) is 18.4 Å². The van der Waals surface area contributed by atoms with Crippen molar-refractivity contribution < 1.29 is 14.3 Å². The van der Waals surface area contributed by atoms with Crippen molar-refractivity contribution >= 4 is 44.9 Å². The average molecular weight is 549 g/mol. The minimum absolute atomic E-state index is 0.216. The van der Waals surface area contributed by atoms with Gasteiger partial charge in [0.05, 0.1) is 29.0 Å². The molecule has 40 heavy (non-hydrogen) atoms. The van der Waals surface area contributed by atoms with Crippen LogP contribution in [0.25, 0.3) is 27.6 Å². The molecule has 0 aliphatic carbocycles. The van der Waals surface area contributed by atoms with E-state index in [9.17, 15) is 9.59 Å². The molecule has 7 heteroatoms. The van der Waals surface area contributed by atoms with Crippen LogP contribution in [0.4, 0.5) is 0 Å². The highest BCUT2D eigenvalue weighted by Crippen LogP contribution is 2.36. The van der Waals surface area contributed by atoms with Gasteiger partial charge in [0.1, 0.15) is 11.8 Å². The molecule has 0 N–H and O–H groups in total. The van der Waals surface area contributed by atoms with Crippen LogP contribution in [0.5, 0.6) is 5.75 Å². The standard InChI is InChI=1S/C33H28N2O4S/c1-4-38-27-17-11-10-16-25(27)30-29(32(37)39-5-2)20(3)34-33-35(30)31(36)28(40-33)19-26-23-14-8-6-12-21(23)18-22-13-7-9-15-24(22)26/h6-19,30H,4-5H2,1-3H3/b28-19+/t30-/m1/s1. The van der Waals surface area contributed by atoms with Gasteiger partial charge in [-0.15, -0.1) is 0 Å². The zero-order valence-corrected chi connectivity index (χ0v) is 23.3. The summed E-state index contributed by atoms with van der Waals surface area (Å²) in [5.74, 6) is 0.121. The van der Waals surface area contributed by atoms with Crippen molar-refractivity contribution in [2.75, 3.05) is 13.2 Å². The second-order valence-corrected chi connectivity index (χ2v) is 10.5. The number of aromatic nitrogens is 1. The van der Waals surface area contributed by atoms with Crippen LogP contribution >= 0.6 is 11.3 Å². The summed E-state index contributed by atoms with van der Waals surface area (Å²) >= 11 is 1.32. The number of hydrogen-bond donors (Lipinski definition) is 0. The fraction of sp³-hybridized carbons (Fsp3) is 0.182. The van der Waals surface area contributed by atoms with E-state index in [1.807, 2.05) is 61.5 Å². The zero-order chi connectivity index (χ0) is 27.8. The van der Waals surface area contributed by atoms with E-state index in [-0.39, 0.29) is 12.2 Å². The molecule has 1 aliphatic heterocycles. The third kappa shape index (κ3) is 4.32. The van der Waals surface area contributed by atoms with Crippen molar-refractivity contribution in [2.45, 2.75) is 26.8 Å². The van der Waals surface area contributed by atoms with Crippen LogP contribution in [-0.4, -0.2) is 23.8 Å². The highest BCUT2D eigenvalue weighted by molar-refractivity contribution is 7.07. The molecule has 0 spiro atoms. The molecule has 0 radical (unpaired) electrons. The Morgan fingerprint density at radius 2 is 1.60 bits per heavy atom. The molecule has 6 nitrogen and oxygen atoms in total. The van der Waals surface area contributed by atoms with E-state index in [0.29, 0.717) is 38.5 Å². The summed E-state index contributed by atoms with van der Waals surface area (Å²) < 4.78 is 13.5. The third-order valence-corrected chi connectivity index (χ3v) is 8.10. The number of rotatable bonds is 6. The molecular weight excluding hydrogens is 520 g/mol. The molecule has 0 fully saturated rings. The van der Waals surface area contributed by atoms with Gasteiger partial charge < -0.3 is 9.47 Å². The summed E-state index contributed by atoms with van der Waals surface area (Å²) in [6.45, 7) is 6.13. The van der Waals surface area contributed by atoms with Crippen molar-refractivity contribution in [3.8, 4) is 5.75 Å². The van der Waals surface area contributed by atoms with Crippen molar-refractivity contribution in [2.24, 2.45) is 4.99 Å². The van der Waals surface area contributed by atoms with Crippen LogP contribution in [0.2, 0.25) is 0 Å². The number of esters is 1. The Bertz CT molecular complexity index is 1950. The summed E-state index contributed by atoms with van der Waals surface area (Å²) in [5, 5.41) is 4.33. The first-order chi connectivity index (χ1) is 19.5. The number of carbonyl (C=O) groups is 1. The molecule has 5 aromatic rings. The van der Waals surface area contributed by atoms with E-state index < -0.39 is 12.0 Å². The first-order valence-corrected chi connectivity index (χ1v) is 14.1. The second-order valence-electron chi connectivity index (χ2n) is 9.51. The largest absolute Gasteiger partial charge is 0.494 e. The van der Waals surface area contributed by atoms with E-state index in [0.717, 1.165) is 27.1 Å². The zero-order valence-electron chi connectivity index (χ0n) is 22.5. The summed E-state index contributed by atoms with van der Waals surface area (Å²) in [4.78, 5) is 32.8. The molecule has 0 bridgehead atoms. The minimum Gasteiger partial charge on any atom is -0.494 e. The molecule has 200 valence electrons. The molecular formula is C33H28N2O4S. The van der Waals surface area contributed by atoms with Gasteiger partial charge in [0.15, 0.2) is 4.80 Å². The minimum atomic E-state index is -0.732. The lowest BCUT2D eigenvalue weighted by Crippen LogP contribution is -2.40. The van der Waals surface area contributed by atoms with Crippen molar-refractivity contribution in [1.29, 1.82) is 0 Å². The Balaban J connectivity index is 1.65. The lowest BCUT2D eigenvalue weighted by Gasteiger charge is -2.26. The van der Waals surface area contributed by atoms with Crippen molar-refractivity contribution in [3.63, 3.8) is 0 Å². The summed E-state index contributed by atoms with van der Waals surface area (Å²) in [6, 6.07) is 25.3. The SMILES string of the molecule is CCOC(=O)C1=C(C)N=c2s/c(=C/c3c4ccccc4cc4ccccc34)c(=O)n2[C@@H]1c1ccccc1OCC. The summed E-state index contributed by atoms with van der Waals surface area (Å²) in [6.07, 6.45) is 1.96. The Morgan fingerprint density at radius 1 is 0.950 bits per heavy atom. The molecule has 4 aromatic carbocycles. The number of carbonyl (C=O) groups excluding carboxylic acids is 1. The van der Waals surface area contributed by atoms with E-state index in [4.69, 9.17) is 14.5 Å². The van der Waals surface area contributed by atoms with E-state index in [1.165, 1.54) is 11.3 Å². The molecule has 0 saturated carbocycles. The van der Waals surface area contributed by atoms with Crippen LogP contribution in [0.3, 0.4) is 0 Å². The van der Waals surface area contributed by atoms with Crippen LogP contribution in [0, 0.1) is 0 Å². The van der Waals surface area contributed by atoms with Crippen molar-refractivity contribution in [3.05, 3.63) is 121 Å². The van der Waals surface area contributed by atoms with Crippen LogP contribution in [0.15, 0.2) is 99.9 Å². The Kier molecular flexibility index (Phi) is 6.82. The highest BCUT2D eigenvalue weighted by atomic mass is 32.1. The molecule has 2 heterocycles. The Labute approximate surface area is 235 Å². The average Bonchev–Trinajstić information content (AvgIpc) is 3.26. The smallest absolute Gasteiger partial charge is 0.338 e. The normalized spacial score (nSPS) is 15.3. The molecule has 1 aromatic heterocycles. The van der Waals surface area contributed by atoms with Crippen molar-refractivity contribution in [1.82, 2.24) is 4.57 Å². The first kappa shape index (κ1) is 25.8. The van der Waals surface area contributed by atoms with Gasteiger partial charge in [-0.2, -0.15) is 0 Å². The number of ether oxygens (including phenoxy) is 2. The monoisotopic (exact) mass is 548 g/mol. The molecule has 0 saturated heterocycles. The maximum atomic E-state index is 14.2. The highest BCUT2D eigenvalue weighted by Gasteiger charge is 2.35. The number of allylic oxidation sites excluding steroid dienone is 1. The van der Waals surface area contributed by atoms with Gasteiger partial charge in [-0.1, -0.05) is 78.1 Å². The first-order valence-electron chi connectivity index (χ1n) is 13.3. The van der Waals surface area contributed by atoms with Gasteiger partial charge in [0.25, 0.3) is 5.56 Å².